The summed E-state index contributed by atoms with van der Waals surface area (Å²) in [7, 11) is 0. The number of amides is 5. The summed E-state index contributed by atoms with van der Waals surface area (Å²) in [6.45, 7) is 1.18. The van der Waals surface area contributed by atoms with Gasteiger partial charge in [-0.2, -0.15) is 0 Å². The number of para-hydroxylation sites is 1. The molecule has 1 atom stereocenters. The SMILES string of the molecule is C[C@@]1(c2ccccc2)NC(=O)N(CC(=O)Nc2ccccc2SCC(N)=O)C1=O. The molecule has 9 heteroatoms. The van der Waals surface area contributed by atoms with E-state index >= 15 is 0 Å². The second kappa shape index (κ2) is 8.36. The topological polar surface area (TPSA) is 122 Å². The van der Waals surface area contributed by atoms with Gasteiger partial charge in [-0.25, -0.2) is 4.79 Å². The first-order valence-corrected chi connectivity index (χ1v) is 9.79. The Kier molecular flexibility index (Phi) is 5.88. The molecule has 1 aliphatic heterocycles. The van der Waals surface area contributed by atoms with E-state index in [0.717, 1.165) is 4.90 Å². The summed E-state index contributed by atoms with van der Waals surface area (Å²) in [5.74, 6) is -1.44. The molecule has 0 aromatic heterocycles. The molecule has 2 aromatic rings. The summed E-state index contributed by atoms with van der Waals surface area (Å²) in [6, 6.07) is 15.1. The fraction of sp³-hybridized carbons (Fsp3) is 0.200. The predicted octanol–water partition coefficient (Wildman–Crippen LogP) is 1.67. The van der Waals surface area contributed by atoms with Crippen molar-refractivity contribution in [2.45, 2.75) is 17.4 Å². The lowest BCUT2D eigenvalue weighted by Crippen LogP contribution is -2.42. The van der Waals surface area contributed by atoms with Crippen molar-refractivity contribution >= 4 is 41.2 Å². The Morgan fingerprint density at radius 2 is 1.76 bits per heavy atom. The number of anilines is 1. The van der Waals surface area contributed by atoms with Crippen LogP contribution in [0.4, 0.5) is 10.5 Å². The Bertz CT molecular complexity index is 966. The molecular weight excluding hydrogens is 392 g/mol. The molecule has 5 amide bonds. The summed E-state index contributed by atoms with van der Waals surface area (Å²) >= 11 is 1.19. The zero-order valence-corrected chi connectivity index (χ0v) is 16.5. The number of imide groups is 1. The fourth-order valence-electron chi connectivity index (χ4n) is 2.99. The molecule has 3 rings (SSSR count). The Balaban J connectivity index is 1.71. The van der Waals surface area contributed by atoms with Gasteiger partial charge < -0.3 is 16.4 Å². The number of rotatable bonds is 7. The standard InChI is InChI=1S/C20H20N4O4S/c1-20(13-7-3-2-4-8-13)18(27)24(19(28)23-20)11-17(26)22-14-9-5-6-10-15(14)29-12-16(21)25/h2-10H,11-12H2,1H3,(H2,21,25)(H,22,26)(H,23,28)/t20-/m0/s1. The zero-order valence-electron chi connectivity index (χ0n) is 15.7. The molecule has 1 heterocycles. The maximum Gasteiger partial charge on any atom is 0.325 e. The fourth-order valence-corrected chi connectivity index (χ4v) is 3.73. The van der Waals surface area contributed by atoms with E-state index in [2.05, 4.69) is 10.6 Å². The van der Waals surface area contributed by atoms with E-state index < -0.39 is 35.8 Å². The van der Waals surface area contributed by atoms with E-state index in [4.69, 9.17) is 5.73 Å². The lowest BCUT2D eigenvalue weighted by molar-refractivity contribution is -0.133. The third-order valence-electron chi connectivity index (χ3n) is 4.46. The number of nitrogens with two attached hydrogens (primary N) is 1. The second-order valence-corrected chi connectivity index (χ2v) is 7.63. The van der Waals surface area contributed by atoms with Crippen molar-refractivity contribution in [2.75, 3.05) is 17.6 Å². The van der Waals surface area contributed by atoms with E-state index in [1.165, 1.54) is 11.8 Å². The predicted molar refractivity (Wildman–Crippen MR) is 109 cm³/mol. The van der Waals surface area contributed by atoms with Crippen LogP contribution in [0, 0.1) is 0 Å². The minimum Gasteiger partial charge on any atom is -0.369 e. The molecule has 0 saturated carbocycles. The van der Waals surface area contributed by atoms with Crippen molar-refractivity contribution in [2.24, 2.45) is 5.73 Å². The van der Waals surface area contributed by atoms with Gasteiger partial charge in [0, 0.05) is 4.90 Å². The van der Waals surface area contributed by atoms with Crippen LogP contribution in [-0.4, -0.2) is 41.0 Å². The van der Waals surface area contributed by atoms with Crippen LogP contribution in [0.3, 0.4) is 0 Å². The summed E-state index contributed by atoms with van der Waals surface area (Å²) in [5, 5.41) is 5.35. The average Bonchev–Trinajstić information content (AvgIpc) is 2.92. The monoisotopic (exact) mass is 412 g/mol. The Morgan fingerprint density at radius 3 is 2.45 bits per heavy atom. The molecule has 0 bridgehead atoms. The molecule has 2 aromatic carbocycles. The van der Waals surface area contributed by atoms with E-state index in [-0.39, 0.29) is 5.75 Å². The first-order valence-electron chi connectivity index (χ1n) is 8.81. The van der Waals surface area contributed by atoms with Crippen LogP contribution in [0.15, 0.2) is 59.5 Å². The number of urea groups is 1. The van der Waals surface area contributed by atoms with Crippen LogP contribution >= 0.6 is 11.8 Å². The minimum absolute atomic E-state index is 0.0648. The molecule has 1 aliphatic rings. The molecule has 150 valence electrons. The first kappa shape index (κ1) is 20.4. The maximum atomic E-state index is 12.9. The quantitative estimate of drug-likeness (QED) is 0.472. The van der Waals surface area contributed by atoms with Gasteiger partial charge in [0.2, 0.25) is 11.8 Å². The molecular formula is C20H20N4O4S. The molecule has 4 N–H and O–H groups in total. The number of hydrogen-bond donors (Lipinski definition) is 3. The Morgan fingerprint density at radius 1 is 1.10 bits per heavy atom. The zero-order chi connectivity index (χ0) is 21.0. The Labute approximate surface area is 171 Å². The highest BCUT2D eigenvalue weighted by molar-refractivity contribution is 8.00. The summed E-state index contributed by atoms with van der Waals surface area (Å²) in [6.07, 6.45) is 0. The number of carbonyl (C=O) groups is 4. The van der Waals surface area contributed by atoms with Crippen molar-refractivity contribution in [1.82, 2.24) is 10.2 Å². The van der Waals surface area contributed by atoms with Crippen LogP contribution in [0.2, 0.25) is 0 Å². The van der Waals surface area contributed by atoms with E-state index in [1.807, 2.05) is 6.07 Å². The van der Waals surface area contributed by atoms with Gasteiger partial charge in [0.25, 0.3) is 5.91 Å². The minimum atomic E-state index is -1.23. The van der Waals surface area contributed by atoms with Gasteiger partial charge in [-0.3, -0.25) is 19.3 Å². The smallest absolute Gasteiger partial charge is 0.325 e. The van der Waals surface area contributed by atoms with Gasteiger partial charge in [0.15, 0.2) is 0 Å². The number of hydrogen-bond acceptors (Lipinski definition) is 5. The van der Waals surface area contributed by atoms with Gasteiger partial charge in [0.05, 0.1) is 11.4 Å². The van der Waals surface area contributed by atoms with E-state index in [0.29, 0.717) is 16.1 Å². The third-order valence-corrected chi connectivity index (χ3v) is 5.55. The van der Waals surface area contributed by atoms with Gasteiger partial charge in [0.1, 0.15) is 12.1 Å². The molecule has 0 unspecified atom stereocenters. The normalized spacial score (nSPS) is 18.4. The van der Waals surface area contributed by atoms with Gasteiger partial charge in [-0.05, 0) is 24.6 Å². The van der Waals surface area contributed by atoms with Crippen LogP contribution in [0.5, 0.6) is 0 Å². The molecule has 0 radical (unpaired) electrons. The summed E-state index contributed by atoms with van der Waals surface area (Å²) in [5.41, 5.74) is 5.05. The highest BCUT2D eigenvalue weighted by atomic mass is 32.2. The highest BCUT2D eigenvalue weighted by Crippen LogP contribution is 2.29. The molecule has 1 saturated heterocycles. The lowest BCUT2D eigenvalue weighted by Gasteiger charge is -2.22. The van der Waals surface area contributed by atoms with Crippen molar-refractivity contribution in [3.05, 3.63) is 60.2 Å². The number of carbonyl (C=O) groups excluding carboxylic acids is 4. The lowest BCUT2D eigenvalue weighted by atomic mass is 9.92. The molecule has 0 aliphatic carbocycles. The largest absolute Gasteiger partial charge is 0.369 e. The van der Waals surface area contributed by atoms with Crippen molar-refractivity contribution in [3.63, 3.8) is 0 Å². The first-order chi connectivity index (χ1) is 13.8. The van der Waals surface area contributed by atoms with E-state index in [1.54, 1.807) is 55.5 Å². The maximum absolute atomic E-state index is 12.9. The second-order valence-electron chi connectivity index (χ2n) is 6.61. The molecule has 29 heavy (non-hydrogen) atoms. The average molecular weight is 412 g/mol. The van der Waals surface area contributed by atoms with Crippen LogP contribution in [0.1, 0.15) is 12.5 Å². The van der Waals surface area contributed by atoms with Crippen molar-refractivity contribution in [3.8, 4) is 0 Å². The summed E-state index contributed by atoms with van der Waals surface area (Å²) < 4.78 is 0. The highest BCUT2D eigenvalue weighted by Gasteiger charge is 2.49. The molecule has 1 fully saturated rings. The van der Waals surface area contributed by atoms with E-state index in [9.17, 15) is 19.2 Å². The van der Waals surface area contributed by atoms with Gasteiger partial charge in [-0.15, -0.1) is 11.8 Å². The van der Waals surface area contributed by atoms with Crippen molar-refractivity contribution < 1.29 is 19.2 Å². The summed E-state index contributed by atoms with van der Waals surface area (Å²) in [4.78, 5) is 50.3. The van der Waals surface area contributed by atoms with Crippen LogP contribution in [0.25, 0.3) is 0 Å². The number of primary amides is 1. The van der Waals surface area contributed by atoms with Crippen LogP contribution in [-0.2, 0) is 19.9 Å². The number of nitrogens with zero attached hydrogens (tertiary/aromatic N) is 1. The third kappa shape index (κ3) is 4.40. The number of nitrogens with one attached hydrogen (secondary N) is 2. The van der Waals surface area contributed by atoms with Gasteiger partial charge in [-0.1, -0.05) is 42.5 Å². The van der Waals surface area contributed by atoms with Gasteiger partial charge >= 0.3 is 6.03 Å². The number of benzene rings is 2. The Hall–Kier alpha value is -3.33. The number of thioether (sulfide) groups is 1. The van der Waals surface area contributed by atoms with Crippen molar-refractivity contribution in [1.29, 1.82) is 0 Å². The van der Waals surface area contributed by atoms with Crippen LogP contribution < -0.4 is 16.4 Å². The molecule has 8 nitrogen and oxygen atoms in total. The molecule has 0 spiro atoms.